The van der Waals surface area contributed by atoms with Crippen LogP contribution in [0.25, 0.3) is 0 Å². The maximum Gasteiger partial charge on any atom is 0.372 e. The molecule has 4 nitrogen and oxygen atoms in total. The molecule has 0 bridgehead atoms. The van der Waals surface area contributed by atoms with Crippen molar-refractivity contribution in [2.75, 3.05) is 5.32 Å². The normalized spacial score (nSPS) is 10.5. The molecule has 100 valence electrons. The molecule has 2 rings (SSSR count). The predicted octanol–water partition coefficient (Wildman–Crippen LogP) is 3.86. The summed E-state index contributed by atoms with van der Waals surface area (Å²) in [7, 11) is 0. The number of aryl methyl sites for hydroxylation is 2. The third-order valence-electron chi connectivity index (χ3n) is 2.82. The summed E-state index contributed by atoms with van der Waals surface area (Å²) in [5, 5.41) is 12.7. The number of halogens is 1. The van der Waals surface area contributed by atoms with Crippen molar-refractivity contribution in [3.8, 4) is 0 Å². The number of rotatable bonds is 4. The Balaban J connectivity index is 2.15. The van der Waals surface area contributed by atoms with Crippen molar-refractivity contribution in [2.24, 2.45) is 0 Å². The van der Waals surface area contributed by atoms with Crippen molar-refractivity contribution in [3.63, 3.8) is 0 Å². The van der Waals surface area contributed by atoms with E-state index in [1.807, 2.05) is 19.1 Å². The van der Waals surface area contributed by atoms with Gasteiger partial charge in [0, 0.05) is 5.56 Å². The zero-order valence-electron chi connectivity index (χ0n) is 10.7. The molecule has 0 unspecified atom stereocenters. The Hall–Kier alpha value is -1.94. The van der Waals surface area contributed by atoms with Gasteiger partial charge in [0.2, 0.25) is 5.76 Å². The molecule has 2 aromatic rings. The summed E-state index contributed by atoms with van der Waals surface area (Å²) in [5.41, 5.74) is 2.46. The summed E-state index contributed by atoms with van der Waals surface area (Å²) in [4.78, 5) is 10.9. The Kier molecular flexibility index (Phi) is 3.81. The summed E-state index contributed by atoms with van der Waals surface area (Å²) in [6.45, 7) is 4.04. The number of carboxylic acid groups (broad SMARTS) is 1. The van der Waals surface area contributed by atoms with Crippen LogP contribution < -0.4 is 5.32 Å². The van der Waals surface area contributed by atoms with Crippen LogP contribution in [0.1, 0.15) is 27.4 Å². The van der Waals surface area contributed by atoms with E-state index in [0.717, 1.165) is 11.3 Å². The lowest BCUT2D eigenvalue weighted by atomic mass is 10.2. The number of anilines is 1. The van der Waals surface area contributed by atoms with Gasteiger partial charge in [0.25, 0.3) is 0 Å². The predicted molar refractivity (Wildman–Crippen MR) is 73.9 cm³/mol. The van der Waals surface area contributed by atoms with E-state index in [-0.39, 0.29) is 5.76 Å². The quantitative estimate of drug-likeness (QED) is 0.892. The lowest BCUT2D eigenvalue weighted by molar-refractivity contribution is 0.0659. The summed E-state index contributed by atoms with van der Waals surface area (Å²) in [5.74, 6) is -0.514. The van der Waals surface area contributed by atoms with E-state index in [0.29, 0.717) is 22.9 Å². The summed E-state index contributed by atoms with van der Waals surface area (Å²) in [6, 6.07) is 7.34. The van der Waals surface area contributed by atoms with E-state index in [4.69, 9.17) is 21.1 Å². The van der Waals surface area contributed by atoms with Gasteiger partial charge >= 0.3 is 5.97 Å². The van der Waals surface area contributed by atoms with Gasteiger partial charge in [-0.2, -0.15) is 0 Å². The molecular formula is C14H14ClNO3. The Morgan fingerprint density at radius 2 is 2.11 bits per heavy atom. The number of carboxylic acids is 1. The molecule has 0 aliphatic rings. The van der Waals surface area contributed by atoms with Gasteiger partial charge < -0.3 is 14.8 Å². The largest absolute Gasteiger partial charge is 0.475 e. The Morgan fingerprint density at radius 1 is 1.37 bits per heavy atom. The summed E-state index contributed by atoms with van der Waals surface area (Å²) < 4.78 is 5.27. The average molecular weight is 280 g/mol. The molecule has 2 N–H and O–H groups in total. The van der Waals surface area contributed by atoms with E-state index in [1.165, 1.54) is 0 Å². The number of carbonyl (C=O) groups is 1. The van der Waals surface area contributed by atoms with Crippen LogP contribution >= 0.6 is 11.6 Å². The number of benzene rings is 1. The second kappa shape index (κ2) is 5.36. The van der Waals surface area contributed by atoms with Crippen molar-refractivity contribution in [2.45, 2.75) is 20.4 Å². The summed E-state index contributed by atoms with van der Waals surface area (Å²) in [6.07, 6.45) is 0. The second-order valence-corrected chi connectivity index (χ2v) is 4.72. The van der Waals surface area contributed by atoms with Crippen LogP contribution in [-0.2, 0) is 6.54 Å². The first-order chi connectivity index (χ1) is 8.99. The van der Waals surface area contributed by atoms with Gasteiger partial charge in [-0.25, -0.2) is 4.79 Å². The van der Waals surface area contributed by atoms with Crippen molar-refractivity contribution < 1.29 is 14.3 Å². The molecule has 0 amide bonds. The molecule has 0 saturated heterocycles. The van der Waals surface area contributed by atoms with Gasteiger partial charge in [0.15, 0.2) is 0 Å². The highest BCUT2D eigenvalue weighted by Gasteiger charge is 2.14. The van der Waals surface area contributed by atoms with Crippen LogP contribution in [-0.4, -0.2) is 11.1 Å². The van der Waals surface area contributed by atoms with Crippen molar-refractivity contribution in [1.29, 1.82) is 0 Å². The molecule has 0 atom stereocenters. The molecule has 1 aromatic heterocycles. The van der Waals surface area contributed by atoms with Crippen LogP contribution in [0.15, 0.2) is 28.7 Å². The van der Waals surface area contributed by atoms with Gasteiger partial charge in [-0.3, -0.25) is 0 Å². The third kappa shape index (κ3) is 2.90. The van der Waals surface area contributed by atoms with Crippen LogP contribution in [0.3, 0.4) is 0 Å². The minimum absolute atomic E-state index is 0.0207. The van der Waals surface area contributed by atoms with Crippen molar-refractivity contribution >= 4 is 23.3 Å². The Bertz CT molecular complexity index is 599. The molecule has 0 saturated carbocycles. The van der Waals surface area contributed by atoms with Crippen LogP contribution in [0.4, 0.5) is 5.69 Å². The molecule has 19 heavy (non-hydrogen) atoms. The number of aromatic carboxylic acids is 1. The van der Waals surface area contributed by atoms with Gasteiger partial charge in [-0.15, -0.1) is 0 Å². The second-order valence-electron chi connectivity index (χ2n) is 4.32. The maximum absolute atomic E-state index is 10.9. The number of nitrogens with one attached hydrogen (secondary N) is 1. The fourth-order valence-electron chi connectivity index (χ4n) is 1.88. The van der Waals surface area contributed by atoms with Crippen LogP contribution in [0.2, 0.25) is 5.02 Å². The Morgan fingerprint density at radius 3 is 2.68 bits per heavy atom. The maximum atomic E-state index is 10.9. The molecule has 0 fully saturated rings. The van der Waals surface area contributed by atoms with Crippen LogP contribution in [0.5, 0.6) is 0 Å². The Labute approximate surface area is 116 Å². The highest BCUT2D eigenvalue weighted by atomic mass is 35.5. The lowest BCUT2D eigenvalue weighted by Crippen LogP contribution is -2.01. The van der Waals surface area contributed by atoms with E-state index >= 15 is 0 Å². The first-order valence-electron chi connectivity index (χ1n) is 5.80. The van der Waals surface area contributed by atoms with Gasteiger partial charge in [-0.05, 0) is 31.5 Å². The molecule has 0 aliphatic carbocycles. The molecule has 0 spiro atoms. The van der Waals surface area contributed by atoms with Gasteiger partial charge in [-0.1, -0.05) is 23.7 Å². The van der Waals surface area contributed by atoms with Crippen molar-refractivity contribution in [1.82, 2.24) is 0 Å². The van der Waals surface area contributed by atoms with Crippen molar-refractivity contribution in [3.05, 3.63) is 51.9 Å². The highest BCUT2D eigenvalue weighted by Crippen LogP contribution is 2.26. The SMILES string of the molecule is Cc1cc(CNc2c(C)cccc2Cl)oc1C(=O)O. The molecule has 5 heteroatoms. The topological polar surface area (TPSA) is 62.5 Å². The molecule has 0 radical (unpaired) electrons. The standard InChI is InChI=1S/C14H14ClNO3/c1-8-4-3-5-11(15)12(8)16-7-10-6-9(2)13(19-10)14(17)18/h3-6,16H,7H2,1-2H3,(H,17,18). The lowest BCUT2D eigenvalue weighted by Gasteiger charge is -2.09. The first kappa shape index (κ1) is 13.5. The minimum Gasteiger partial charge on any atom is -0.475 e. The van der Waals surface area contributed by atoms with E-state index in [2.05, 4.69) is 5.32 Å². The van der Waals surface area contributed by atoms with E-state index < -0.39 is 5.97 Å². The van der Waals surface area contributed by atoms with Gasteiger partial charge in [0.1, 0.15) is 5.76 Å². The number of furan rings is 1. The number of hydrogen-bond donors (Lipinski definition) is 2. The fourth-order valence-corrected chi connectivity index (χ4v) is 2.17. The monoisotopic (exact) mass is 279 g/mol. The van der Waals surface area contributed by atoms with E-state index in [9.17, 15) is 4.79 Å². The number of hydrogen-bond acceptors (Lipinski definition) is 3. The zero-order chi connectivity index (χ0) is 14.0. The smallest absolute Gasteiger partial charge is 0.372 e. The molecule has 1 heterocycles. The summed E-state index contributed by atoms with van der Waals surface area (Å²) >= 11 is 6.10. The number of para-hydroxylation sites is 1. The van der Waals surface area contributed by atoms with Gasteiger partial charge in [0.05, 0.1) is 17.3 Å². The highest BCUT2D eigenvalue weighted by molar-refractivity contribution is 6.33. The molecular weight excluding hydrogens is 266 g/mol. The molecule has 1 aromatic carbocycles. The van der Waals surface area contributed by atoms with Crippen LogP contribution in [0, 0.1) is 13.8 Å². The average Bonchev–Trinajstić information content (AvgIpc) is 2.70. The zero-order valence-corrected chi connectivity index (χ0v) is 11.4. The minimum atomic E-state index is -1.06. The first-order valence-corrected chi connectivity index (χ1v) is 6.18. The molecule has 0 aliphatic heterocycles. The third-order valence-corrected chi connectivity index (χ3v) is 3.14. The van der Waals surface area contributed by atoms with E-state index in [1.54, 1.807) is 19.1 Å². The fraction of sp³-hybridized carbons (Fsp3) is 0.214.